The van der Waals surface area contributed by atoms with Crippen LogP contribution in [0.2, 0.25) is 0 Å². The molecule has 164 valence electrons. The van der Waals surface area contributed by atoms with E-state index in [1.165, 1.54) is 0 Å². The molecule has 5 nitrogen and oxygen atoms in total. The lowest BCUT2D eigenvalue weighted by atomic mass is 9.87. The first-order valence-electron chi connectivity index (χ1n) is 11.0. The number of rotatable bonds is 3. The Hall–Kier alpha value is -3.99. The smallest absolute Gasteiger partial charge is 0.258 e. The van der Waals surface area contributed by atoms with Gasteiger partial charge >= 0.3 is 0 Å². The van der Waals surface area contributed by atoms with Gasteiger partial charge in [0.15, 0.2) is 0 Å². The van der Waals surface area contributed by atoms with Crippen molar-refractivity contribution in [2.24, 2.45) is 7.05 Å². The van der Waals surface area contributed by atoms with E-state index in [1.54, 1.807) is 12.4 Å². The van der Waals surface area contributed by atoms with Crippen molar-refractivity contribution in [1.82, 2.24) is 19.5 Å². The summed E-state index contributed by atoms with van der Waals surface area (Å²) < 4.78 is 2.00. The fourth-order valence-electron chi connectivity index (χ4n) is 4.15. The number of aryl methyl sites for hydroxylation is 1. The minimum atomic E-state index is -0.139. The van der Waals surface area contributed by atoms with Gasteiger partial charge in [0.05, 0.1) is 22.3 Å². The number of benzene rings is 2. The molecule has 0 spiro atoms. The number of aromatic nitrogens is 4. The van der Waals surface area contributed by atoms with E-state index in [0.29, 0.717) is 11.4 Å². The number of hydrogen-bond acceptors (Lipinski definition) is 3. The molecule has 33 heavy (non-hydrogen) atoms. The highest BCUT2D eigenvalue weighted by Crippen LogP contribution is 2.33. The average Bonchev–Trinajstić information content (AvgIpc) is 3.16. The van der Waals surface area contributed by atoms with Crippen molar-refractivity contribution in [2.45, 2.75) is 26.2 Å². The zero-order valence-corrected chi connectivity index (χ0v) is 19.3. The molecule has 0 aliphatic heterocycles. The number of pyridine rings is 2. The third kappa shape index (κ3) is 3.76. The van der Waals surface area contributed by atoms with E-state index < -0.39 is 0 Å². The van der Waals surface area contributed by atoms with Gasteiger partial charge in [-0.25, -0.2) is 4.98 Å². The number of H-pyrrole nitrogens is 1. The van der Waals surface area contributed by atoms with E-state index in [2.05, 4.69) is 55.0 Å². The molecule has 1 N–H and O–H groups in total. The summed E-state index contributed by atoms with van der Waals surface area (Å²) in [7, 11) is 1.96. The Balaban J connectivity index is 1.69. The number of hydrogen-bond donors (Lipinski definition) is 1. The Morgan fingerprint density at radius 1 is 0.879 bits per heavy atom. The van der Waals surface area contributed by atoms with Crippen LogP contribution in [0, 0.1) is 0 Å². The van der Waals surface area contributed by atoms with Gasteiger partial charge < -0.3 is 9.55 Å². The first kappa shape index (κ1) is 20.9. The van der Waals surface area contributed by atoms with Crippen LogP contribution in [0.25, 0.3) is 44.8 Å². The van der Waals surface area contributed by atoms with Crippen LogP contribution in [0.4, 0.5) is 0 Å². The minimum absolute atomic E-state index is 0.0827. The number of fused-ring (bicyclic) bond motifs is 1. The van der Waals surface area contributed by atoms with E-state index in [4.69, 9.17) is 4.98 Å². The van der Waals surface area contributed by atoms with Crippen LogP contribution >= 0.6 is 0 Å². The largest absolute Gasteiger partial charge is 0.328 e. The lowest BCUT2D eigenvalue weighted by Crippen LogP contribution is -2.17. The van der Waals surface area contributed by atoms with Gasteiger partial charge in [0.25, 0.3) is 5.56 Å². The Labute approximate surface area is 192 Å². The summed E-state index contributed by atoms with van der Waals surface area (Å²) in [6.45, 7) is 6.39. The maximum absolute atomic E-state index is 12.8. The van der Waals surface area contributed by atoms with Crippen molar-refractivity contribution < 1.29 is 0 Å². The lowest BCUT2D eigenvalue weighted by molar-refractivity contribution is 0.587. The van der Waals surface area contributed by atoms with Crippen LogP contribution in [0.3, 0.4) is 0 Å². The maximum atomic E-state index is 12.8. The predicted molar refractivity (Wildman–Crippen MR) is 134 cm³/mol. The molecule has 5 rings (SSSR count). The molecule has 5 aromatic rings. The molecule has 0 amide bonds. The van der Waals surface area contributed by atoms with E-state index in [0.717, 1.165) is 39.0 Å². The third-order valence-corrected chi connectivity index (χ3v) is 6.06. The second kappa shape index (κ2) is 7.85. The Bertz CT molecular complexity index is 1520. The normalized spacial score (nSPS) is 11.8. The van der Waals surface area contributed by atoms with Crippen molar-refractivity contribution in [2.75, 3.05) is 0 Å². The molecule has 3 aromatic heterocycles. The zero-order valence-electron chi connectivity index (χ0n) is 19.3. The molecule has 0 saturated carbocycles. The summed E-state index contributed by atoms with van der Waals surface area (Å²) in [5, 5.41) is 0. The van der Waals surface area contributed by atoms with Gasteiger partial charge in [0.1, 0.15) is 5.82 Å². The molecule has 3 heterocycles. The molecular formula is C28H26N4O. The standard InChI is InChI=1S/C28H26N4O/c1-28(2,3)20-16-22(27(33)30-17-20)26-31-25-21(11-8-13-24(25)32(26)4)18-9-7-10-19(15-18)23-12-5-6-14-29-23/h5-17H,1-4H3,(H,30,33). The highest BCUT2D eigenvalue weighted by molar-refractivity contribution is 5.95. The summed E-state index contributed by atoms with van der Waals surface area (Å²) in [6.07, 6.45) is 3.60. The third-order valence-electron chi connectivity index (χ3n) is 6.06. The van der Waals surface area contributed by atoms with Gasteiger partial charge in [0.2, 0.25) is 0 Å². The molecule has 0 atom stereocenters. The topological polar surface area (TPSA) is 63.6 Å². The van der Waals surface area contributed by atoms with Crippen LogP contribution in [-0.2, 0) is 12.5 Å². The van der Waals surface area contributed by atoms with Crippen molar-refractivity contribution >= 4 is 11.0 Å². The van der Waals surface area contributed by atoms with Gasteiger partial charge in [-0.05, 0) is 46.9 Å². The van der Waals surface area contributed by atoms with E-state index in [1.807, 2.05) is 54.1 Å². The molecule has 0 saturated heterocycles. The van der Waals surface area contributed by atoms with Crippen LogP contribution in [0.1, 0.15) is 26.3 Å². The first-order valence-corrected chi connectivity index (χ1v) is 11.0. The van der Waals surface area contributed by atoms with Gasteiger partial charge in [0, 0.05) is 30.6 Å². The van der Waals surface area contributed by atoms with Crippen molar-refractivity contribution in [3.05, 3.63) is 95.0 Å². The summed E-state index contributed by atoms with van der Waals surface area (Å²) in [5.74, 6) is 0.658. The quantitative estimate of drug-likeness (QED) is 0.381. The molecule has 0 aliphatic rings. The number of aromatic amines is 1. The first-order chi connectivity index (χ1) is 15.8. The van der Waals surface area contributed by atoms with E-state index in [-0.39, 0.29) is 11.0 Å². The van der Waals surface area contributed by atoms with E-state index >= 15 is 0 Å². The van der Waals surface area contributed by atoms with Gasteiger partial charge in [-0.1, -0.05) is 57.2 Å². The van der Waals surface area contributed by atoms with Gasteiger partial charge in [-0.2, -0.15) is 0 Å². The number of nitrogens with zero attached hydrogens (tertiary/aromatic N) is 3. The summed E-state index contributed by atoms with van der Waals surface area (Å²) >= 11 is 0. The second-order valence-corrected chi connectivity index (χ2v) is 9.34. The number of imidazole rings is 1. The SMILES string of the molecule is Cn1c(-c2cc(C(C)(C)C)c[nH]c2=O)nc2c(-c3cccc(-c4ccccn4)c3)cccc21. The number of para-hydroxylation sites is 1. The van der Waals surface area contributed by atoms with E-state index in [9.17, 15) is 4.79 Å². The predicted octanol–water partition coefficient (Wildman–Crippen LogP) is 5.96. The van der Waals surface area contributed by atoms with Gasteiger partial charge in [-0.3, -0.25) is 9.78 Å². The van der Waals surface area contributed by atoms with Crippen LogP contribution in [0.5, 0.6) is 0 Å². The molecule has 2 aromatic carbocycles. The monoisotopic (exact) mass is 434 g/mol. The second-order valence-electron chi connectivity index (χ2n) is 9.34. The maximum Gasteiger partial charge on any atom is 0.258 e. The van der Waals surface area contributed by atoms with Crippen molar-refractivity contribution in [3.8, 4) is 33.8 Å². The van der Waals surface area contributed by atoms with Crippen molar-refractivity contribution in [1.29, 1.82) is 0 Å². The highest BCUT2D eigenvalue weighted by atomic mass is 16.1. The zero-order chi connectivity index (χ0) is 23.2. The highest BCUT2D eigenvalue weighted by Gasteiger charge is 2.20. The minimum Gasteiger partial charge on any atom is -0.328 e. The van der Waals surface area contributed by atoms with Crippen molar-refractivity contribution in [3.63, 3.8) is 0 Å². The summed E-state index contributed by atoms with van der Waals surface area (Å²) in [6, 6.07) is 22.4. The molecule has 0 fully saturated rings. The summed E-state index contributed by atoms with van der Waals surface area (Å²) in [4.78, 5) is 25.1. The molecule has 0 bridgehead atoms. The molecular weight excluding hydrogens is 408 g/mol. The number of nitrogens with one attached hydrogen (secondary N) is 1. The fourth-order valence-corrected chi connectivity index (χ4v) is 4.15. The average molecular weight is 435 g/mol. The Morgan fingerprint density at radius 3 is 2.42 bits per heavy atom. The van der Waals surface area contributed by atoms with Crippen LogP contribution < -0.4 is 5.56 Å². The molecule has 0 radical (unpaired) electrons. The molecule has 0 aliphatic carbocycles. The van der Waals surface area contributed by atoms with Crippen LogP contribution in [0.15, 0.2) is 83.9 Å². The fraction of sp³-hybridized carbons (Fsp3) is 0.179. The molecule has 5 heteroatoms. The van der Waals surface area contributed by atoms with Crippen LogP contribution in [-0.4, -0.2) is 19.5 Å². The van der Waals surface area contributed by atoms with Gasteiger partial charge in [-0.15, -0.1) is 0 Å². The Morgan fingerprint density at radius 2 is 1.67 bits per heavy atom. The summed E-state index contributed by atoms with van der Waals surface area (Å²) in [5.41, 5.74) is 7.33. The Kier molecular flexibility index (Phi) is 4.97. The lowest BCUT2D eigenvalue weighted by Gasteiger charge is -2.19. The molecule has 0 unspecified atom stereocenters.